The Hall–Kier alpha value is -1.70. The van der Waals surface area contributed by atoms with Crippen molar-refractivity contribution in [1.82, 2.24) is 0 Å². The van der Waals surface area contributed by atoms with Crippen LogP contribution in [-0.2, 0) is 33.3 Å². The largest absolute Gasteiger partial charge is 0.463 e. The topological polar surface area (TPSA) is 88.1 Å². The van der Waals surface area contributed by atoms with Crippen molar-refractivity contribution in [2.45, 2.75) is 45.4 Å². The third-order valence-electron chi connectivity index (χ3n) is 2.20. The summed E-state index contributed by atoms with van der Waals surface area (Å²) in [5, 5.41) is 0. The summed E-state index contributed by atoms with van der Waals surface area (Å²) in [5.41, 5.74) is 0. The van der Waals surface area contributed by atoms with E-state index in [0.717, 1.165) is 0 Å². The molecule has 0 aliphatic carbocycles. The first-order chi connectivity index (χ1) is 10.4. The van der Waals surface area contributed by atoms with Crippen molar-refractivity contribution < 1.29 is 41.8 Å². The molecule has 1 saturated heterocycles. The van der Waals surface area contributed by atoms with E-state index in [9.17, 15) is 18.8 Å². The van der Waals surface area contributed by atoms with Gasteiger partial charge in [0.1, 0.15) is 12.7 Å². The minimum atomic E-state index is -2.14. The maximum Gasteiger partial charge on any atom is 0.303 e. The fraction of sp³-hybridized carbons (Fsp3) is 0.727. The highest BCUT2D eigenvalue weighted by Gasteiger charge is 2.50. The lowest BCUT2D eigenvalue weighted by Gasteiger charge is -2.21. The van der Waals surface area contributed by atoms with Crippen molar-refractivity contribution in [1.29, 1.82) is 0 Å². The molecule has 0 spiro atoms. The van der Waals surface area contributed by atoms with Crippen LogP contribution in [0.15, 0.2) is 0 Å². The van der Waals surface area contributed by atoms with Crippen molar-refractivity contribution >= 4 is 17.9 Å². The first-order valence-electron chi connectivity index (χ1n) is 7.26. The van der Waals surface area contributed by atoms with E-state index in [1.807, 2.05) is 0 Å². The van der Waals surface area contributed by atoms with E-state index in [2.05, 4.69) is 9.47 Å². The summed E-state index contributed by atoms with van der Waals surface area (Å²) in [7, 11) is 0. The summed E-state index contributed by atoms with van der Waals surface area (Å²) in [6.45, 7) is -2.67. The Kier molecular flexibility index (Phi) is 3.79. The average Bonchev–Trinajstić information content (AvgIpc) is 2.80. The first-order valence-corrected chi connectivity index (χ1v) is 5.14. The summed E-state index contributed by atoms with van der Waals surface area (Å²) in [4.78, 5) is 33.3. The van der Waals surface area contributed by atoms with Gasteiger partial charge in [-0.2, -0.15) is 0 Å². The molecule has 0 aromatic rings. The molecule has 0 aromatic carbocycles. The predicted octanol–water partition coefficient (Wildman–Crippen LogP) is 0.107. The number of esters is 3. The van der Waals surface area contributed by atoms with Crippen LogP contribution in [0.1, 0.15) is 24.8 Å². The third-order valence-corrected chi connectivity index (χ3v) is 2.20. The van der Waals surface area contributed by atoms with Crippen LogP contribution in [0.25, 0.3) is 0 Å². The van der Waals surface area contributed by atoms with Gasteiger partial charge in [0.05, 0.1) is 0 Å². The van der Waals surface area contributed by atoms with E-state index in [4.69, 9.17) is 13.6 Å². The van der Waals surface area contributed by atoms with Crippen LogP contribution in [0, 0.1) is 0 Å². The molecule has 0 amide bonds. The second-order valence-electron chi connectivity index (χ2n) is 3.62. The molecule has 0 N–H and O–H groups in total. The van der Waals surface area contributed by atoms with E-state index < -0.39 is 69.9 Å². The molecule has 1 rings (SSSR count). The monoisotopic (exact) mass is 281 g/mol. The SMILES string of the molecule is [2H]CC(=O)OC[C@H]1OC(F)[C@H](OC(=O)C[2H])[C@@H]1OC(=O)C[2H]. The Morgan fingerprint density at radius 1 is 1.11 bits per heavy atom. The fourth-order valence-electron chi connectivity index (χ4n) is 1.56. The van der Waals surface area contributed by atoms with Crippen molar-refractivity contribution in [3.05, 3.63) is 0 Å². The second kappa shape index (κ2) is 6.46. The van der Waals surface area contributed by atoms with E-state index in [1.54, 1.807) is 0 Å². The predicted molar refractivity (Wildman–Crippen MR) is 57.5 cm³/mol. The number of rotatable bonds is 4. The molecule has 0 radical (unpaired) electrons. The van der Waals surface area contributed by atoms with E-state index >= 15 is 0 Å². The Morgan fingerprint density at radius 3 is 2.26 bits per heavy atom. The molecule has 1 unspecified atom stereocenters. The molecule has 1 aliphatic heterocycles. The molecule has 0 aromatic heterocycles. The molecular formula is C11H15FO7. The molecule has 1 aliphatic rings. The summed E-state index contributed by atoms with van der Waals surface area (Å²) in [5.74, 6) is -2.95. The van der Waals surface area contributed by atoms with Gasteiger partial charge in [-0.15, -0.1) is 0 Å². The van der Waals surface area contributed by atoms with Gasteiger partial charge in [-0.05, 0) is 0 Å². The van der Waals surface area contributed by atoms with Gasteiger partial charge in [-0.1, -0.05) is 0 Å². The van der Waals surface area contributed by atoms with Crippen LogP contribution in [0.4, 0.5) is 4.39 Å². The van der Waals surface area contributed by atoms with Gasteiger partial charge in [0.25, 0.3) is 0 Å². The van der Waals surface area contributed by atoms with E-state index in [1.165, 1.54) is 0 Å². The fourth-order valence-corrected chi connectivity index (χ4v) is 1.56. The van der Waals surface area contributed by atoms with Crippen LogP contribution in [-0.4, -0.2) is 49.2 Å². The van der Waals surface area contributed by atoms with Crippen LogP contribution >= 0.6 is 0 Å². The number of carbonyl (C=O) groups is 3. The Bertz CT molecular complexity index is 422. The maximum atomic E-state index is 13.8. The summed E-state index contributed by atoms with van der Waals surface area (Å²) >= 11 is 0. The lowest BCUT2D eigenvalue weighted by Crippen LogP contribution is -2.40. The Morgan fingerprint density at radius 2 is 1.68 bits per heavy atom. The van der Waals surface area contributed by atoms with Crippen LogP contribution < -0.4 is 0 Å². The standard InChI is InChI=1S/C11H15FO7/c1-5(13)16-4-8-9(17-6(2)14)10(11(12)19-8)18-7(3)15/h8-11H,4H2,1-3H3/t8-,9-,10-,11?/m1/s1/i1D,2D,3D. The van der Waals surface area contributed by atoms with Gasteiger partial charge in [0, 0.05) is 24.8 Å². The minimum Gasteiger partial charge on any atom is -0.463 e. The van der Waals surface area contributed by atoms with Crippen LogP contribution in [0.2, 0.25) is 0 Å². The summed E-state index contributed by atoms with van der Waals surface area (Å²) in [6, 6.07) is 0. The molecule has 8 heteroatoms. The molecule has 7 nitrogen and oxygen atoms in total. The highest BCUT2D eigenvalue weighted by atomic mass is 19.1. The number of hydrogen-bond acceptors (Lipinski definition) is 7. The van der Waals surface area contributed by atoms with Gasteiger partial charge >= 0.3 is 17.9 Å². The van der Waals surface area contributed by atoms with E-state index in [-0.39, 0.29) is 0 Å². The molecule has 1 heterocycles. The highest BCUT2D eigenvalue weighted by molar-refractivity contribution is 5.67. The van der Waals surface area contributed by atoms with Gasteiger partial charge < -0.3 is 18.9 Å². The smallest absolute Gasteiger partial charge is 0.303 e. The van der Waals surface area contributed by atoms with Crippen molar-refractivity contribution in [2.75, 3.05) is 6.61 Å². The molecular weight excluding hydrogens is 263 g/mol. The van der Waals surface area contributed by atoms with Crippen molar-refractivity contribution in [3.63, 3.8) is 0 Å². The van der Waals surface area contributed by atoms with Gasteiger partial charge in [-0.3, -0.25) is 14.4 Å². The summed E-state index contributed by atoms with van der Waals surface area (Å²) < 4.78 is 53.1. The molecule has 4 atom stereocenters. The zero-order valence-corrected chi connectivity index (χ0v) is 9.87. The third kappa shape index (κ3) is 4.47. The number of ether oxygens (including phenoxy) is 4. The zero-order valence-electron chi connectivity index (χ0n) is 12.9. The highest BCUT2D eigenvalue weighted by Crippen LogP contribution is 2.28. The second-order valence-corrected chi connectivity index (χ2v) is 3.62. The van der Waals surface area contributed by atoms with Crippen molar-refractivity contribution in [2.24, 2.45) is 0 Å². The number of carbonyl (C=O) groups excluding carboxylic acids is 3. The number of hydrogen-bond donors (Lipinski definition) is 0. The lowest BCUT2D eigenvalue weighted by atomic mass is 10.1. The average molecular weight is 281 g/mol. The Labute approximate surface area is 113 Å². The van der Waals surface area contributed by atoms with Crippen molar-refractivity contribution in [3.8, 4) is 0 Å². The molecule has 0 saturated carbocycles. The molecule has 0 bridgehead atoms. The van der Waals surface area contributed by atoms with Gasteiger partial charge in [-0.25, -0.2) is 4.39 Å². The minimum absolute atomic E-state index is 0.511. The van der Waals surface area contributed by atoms with E-state index in [0.29, 0.717) is 0 Å². The van der Waals surface area contributed by atoms with Crippen LogP contribution in [0.5, 0.6) is 0 Å². The number of halogens is 1. The zero-order chi connectivity index (χ0) is 16.7. The lowest BCUT2D eigenvalue weighted by molar-refractivity contribution is -0.167. The Balaban J connectivity index is 2.79. The summed E-state index contributed by atoms with van der Waals surface area (Å²) in [6.07, 6.45) is -6.42. The quantitative estimate of drug-likeness (QED) is 0.533. The number of alkyl halides is 1. The van der Waals surface area contributed by atoms with Crippen LogP contribution in [0.3, 0.4) is 0 Å². The molecule has 1 fully saturated rings. The van der Waals surface area contributed by atoms with Gasteiger partial charge in [0.15, 0.2) is 12.2 Å². The molecule has 108 valence electrons. The maximum absolute atomic E-state index is 13.8. The van der Waals surface area contributed by atoms with Gasteiger partial charge in [0.2, 0.25) is 6.36 Å². The normalized spacial score (nSPS) is 31.7. The molecule has 19 heavy (non-hydrogen) atoms. The first kappa shape index (κ1) is 11.2.